The highest BCUT2D eigenvalue weighted by atomic mass is 14.2. The van der Waals surface area contributed by atoms with Crippen molar-refractivity contribution in [1.29, 1.82) is 0 Å². The molecule has 50 heavy (non-hydrogen) atoms. The fourth-order valence-electron chi connectivity index (χ4n) is 8.72. The molecule has 0 N–H and O–H groups in total. The Morgan fingerprint density at radius 2 is 0.760 bits per heavy atom. The first kappa shape index (κ1) is 27.5. The van der Waals surface area contributed by atoms with Crippen LogP contribution in [0.4, 0.5) is 0 Å². The molecule has 0 fully saturated rings. The van der Waals surface area contributed by atoms with Crippen molar-refractivity contribution < 1.29 is 0 Å². The van der Waals surface area contributed by atoms with Gasteiger partial charge in [0, 0.05) is 0 Å². The van der Waals surface area contributed by atoms with E-state index in [4.69, 9.17) is 0 Å². The third-order valence-electron chi connectivity index (χ3n) is 11.0. The van der Waals surface area contributed by atoms with E-state index in [0.717, 1.165) is 0 Å². The molecule has 0 bridgehead atoms. The van der Waals surface area contributed by atoms with Crippen LogP contribution in [0.2, 0.25) is 0 Å². The Labute approximate surface area is 289 Å². The molecule has 0 radical (unpaired) electrons. The zero-order valence-corrected chi connectivity index (χ0v) is 27.3. The normalized spacial score (nSPS) is 12.0. The number of hydrogen-bond acceptors (Lipinski definition) is 0. The van der Waals surface area contributed by atoms with E-state index in [1.165, 1.54) is 109 Å². The van der Waals surface area contributed by atoms with E-state index in [0.29, 0.717) is 0 Å². The SMILES string of the molecule is c1ccc2cc(-c3c4ccccc4c(-c4ccc5ccc6cccc7ccc4c5c67)c4cc(-c5cccc6ccccc56)ccc34)ccc2c1. The molecule has 11 aromatic carbocycles. The Morgan fingerprint density at radius 3 is 1.60 bits per heavy atom. The first-order valence-corrected chi connectivity index (χ1v) is 17.4. The largest absolute Gasteiger partial charge is 0.0616 e. The van der Waals surface area contributed by atoms with Gasteiger partial charge in [0.2, 0.25) is 0 Å². The van der Waals surface area contributed by atoms with Crippen LogP contribution in [0.5, 0.6) is 0 Å². The van der Waals surface area contributed by atoms with Crippen LogP contribution in [0.15, 0.2) is 182 Å². The van der Waals surface area contributed by atoms with Crippen molar-refractivity contribution in [2.45, 2.75) is 0 Å². The van der Waals surface area contributed by atoms with Crippen LogP contribution in [0.3, 0.4) is 0 Å². The molecular weight excluding hydrogens is 601 g/mol. The van der Waals surface area contributed by atoms with Crippen molar-refractivity contribution in [2.24, 2.45) is 0 Å². The van der Waals surface area contributed by atoms with Gasteiger partial charge in [-0.2, -0.15) is 0 Å². The van der Waals surface area contributed by atoms with E-state index in [1.807, 2.05) is 0 Å². The third kappa shape index (κ3) is 3.94. The predicted molar refractivity (Wildman–Crippen MR) is 216 cm³/mol. The quantitative estimate of drug-likeness (QED) is 0.135. The second-order valence-electron chi connectivity index (χ2n) is 13.6. The zero-order chi connectivity index (χ0) is 32.8. The maximum Gasteiger partial charge on any atom is -0.00199 e. The van der Waals surface area contributed by atoms with Gasteiger partial charge in [0.25, 0.3) is 0 Å². The minimum Gasteiger partial charge on any atom is -0.0616 e. The van der Waals surface area contributed by atoms with Crippen LogP contribution in [0, 0.1) is 0 Å². The summed E-state index contributed by atoms with van der Waals surface area (Å²) >= 11 is 0. The second kappa shape index (κ2) is 10.5. The van der Waals surface area contributed by atoms with Gasteiger partial charge in [0.1, 0.15) is 0 Å². The second-order valence-corrected chi connectivity index (χ2v) is 13.6. The fraction of sp³-hybridized carbons (Fsp3) is 0. The van der Waals surface area contributed by atoms with Gasteiger partial charge in [-0.25, -0.2) is 0 Å². The Balaban J connectivity index is 1.31. The minimum atomic E-state index is 1.23. The summed E-state index contributed by atoms with van der Waals surface area (Å²) in [4.78, 5) is 0. The van der Waals surface area contributed by atoms with Gasteiger partial charge in [-0.1, -0.05) is 170 Å². The molecule has 0 unspecified atom stereocenters. The van der Waals surface area contributed by atoms with E-state index in [9.17, 15) is 0 Å². The number of hydrogen-bond donors (Lipinski definition) is 0. The Bertz CT molecular complexity index is 3120. The average molecular weight is 631 g/mol. The van der Waals surface area contributed by atoms with E-state index in [-0.39, 0.29) is 0 Å². The van der Waals surface area contributed by atoms with E-state index in [1.54, 1.807) is 0 Å². The summed E-state index contributed by atoms with van der Waals surface area (Å²) < 4.78 is 0. The molecule has 0 saturated carbocycles. The van der Waals surface area contributed by atoms with Gasteiger partial charge >= 0.3 is 0 Å². The molecule has 0 amide bonds. The lowest BCUT2D eigenvalue weighted by Gasteiger charge is -2.21. The number of rotatable bonds is 3. The molecule has 0 aliphatic heterocycles. The van der Waals surface area contributed by atoms with Gasteiger partial charge in [0.15, 0.2) is 0 Å². The number of benzene rings is 11. The summed E-state index contributed by atoms with van der Waals surface area (Å²) in [5.74, 6) is 0. The standard InChI is InChI=1S/C50H30/c1-2-11-36-29-38(22-19-31(36)9-1)48-41-16-5-6-17-42(41)50(44-27-24-35-21-20-33-13-7-14-34-23-26-43(44)49(35)47(33)34)46-30-37(25-28-45(46)48)40-18-8-12-32-10-3-4-15-39(32)40/h1-30H. The lowest BCUT2D eigenvalue weighted by molar-refractivity contribution is 1.67. The van der Waals surface area contributed by atoms with Crippen LogP contribution in [-0.2, 0) is 0 Å². The first-order chi connectivity index (χ1) is 24.8. The first-order valence-electron chi connectivity index (χ1n) is 17.4. The van der Waals surface area contributed by atoms with E-state index < -0.39 is 0 Å². The van der Waals surface area contributed by atoms with Crippen LogP contribution in [0.1, 0.15) is 0 Å². The molecular formula is C50H30. The highest BCUT2D eigenvalue weighted by Crippen LogP contribution is 2.48. The maximum atomic E-state index is 2.46. The number of fused-ring (bicyclic) bond motifs is 4. The van der Waals surface area contributed by atoms with Crippen molar-refractivity contribution in [1.82, 2.24) is 0 Å². The Morgan fingerprint density at radius 1 is 0.220 bits per heavy atom. The highest BCUT2D eigenvalue weighted by molar-refractivity contribution is 6.29. The Hall–Kier alpha value is -6.50. The van der Waals surface area contributed by atoms with Gasteiger partial charge in [0.05, 0.1) is 0 Å². The minimum absolute atomic E-state index is 1.23. The molecule has 0 heteroatoms. The van der Waals surface area contributed by atoms with Crippen LogP contribution >= 0.6 is 0 Å². The topological polar surface area (TPSA) is 0 Å². The lowest BCUT2D eigenvalue weighted by Crippen LogP contribution is -1.93. The third-order valence-corrected chi connectivity index (χ3v) is 11.0. The van der Waals surface area contributed by atoms with Crippen molar-refractivity contribution in [3.8, 4) is 33.4 Å². The lowest BCUT2D eigenvalue weighted by atomic mass is 9.82. The van der Waals surface area contributed by atoms with Crippen molar-refractivity contribution in [3.63, 3.8) is 0 Å². The maximum absolute atomic E-state index is 2.46. The molecule has 0 spiro atoms. The highest BCUT2D eigenvalue weighted by Gasteiger charge is 2.21. The van der Waals surface area contributed by atoms with E-state index >= 15 is 0 Å². The van der Waals surface area contributed by atoms with Gasteiger partial charge < -0.3 is 0 Å². The van der Waals surface area contributed by atoms with Crippen LogP contribution < -0.4 is 0 Å². The van der Waals surface area contributed by atoms with Gasteiger partial charge in [-0.05, 0) is 121 Å². The van der Waals surface area contributed by atoms with Gasteiger partial charge in [-0.3, -0.25) is 0 Å². The zero-order valence-electron chi connectivity index (χ0n) is 27.3. The molecule has 0 aromatic heterocycles. The monoisotopic (exact) mass is 630 g/mol. The summed E-state index contributed by atoms with van der Waals surface area (Å²) in [6.45, 7) is 0. The molecule has 0 atom stereocenters. The summed E-state index contributed by atoms with van der Waals surface area (Å²) in [6, 6.07) is 67.8. The molecule has 230 valence electrons. The summed E-state index contributed by atoms with van der Waals surface area (Å²) in [7, 11) is 0. The molecule has 0 aliphatic carbocycles. The molecule has 0 aliphatic rings. The van der Waals surface area contributed by atoms with Crippen LogP contribution in [-0.4, -0.2) is 0 Å². The molecule has 0 heterocycles. The summed E-state index contributed by atoms with van der Waals surface area (Å²) in [5, 5.41) is 18.0. The van der Waals surface area contributed by atoms with Crippen molar-refractivity contribution >= 4 is 75.4 Å². The summed E-state index contributed by atoms with van der Waals surface area (Å²) in [5.41, 5.74) is 7.58. The van der Waals surface area contributed by atoms with Crippen molar-refractivity contribution in [2.75, 3.05) is 0 Å². The molecule has 0 nitrogen and oxygen atoms in total. The molecule has 0 saturated heterocycles. The smallest absolute Gasteiger partial charge is 0.00199 e. The Kier molecular flexibility index (Phi) is 5.76. The average Bonchev–Trinajstić information content (AvgIpc) is 3.18. The van der Waals surface area contributed by atoms with Crippen molar-refractivity contribution in [3.05, 3.63) is 182 Å². The predicted octanol–water partition coefficient (Wildman–Crippen LogP) is 14.2. The van der Waals surface area contributed by atoms with E-state index in [2.05, 4.69) is 182 Å². The van der Waals surface area contributed by atoms with Crippen LogP contribution in [0.25, 0.3) is 109 Å². The fourth-order valence-corrected chi connectivity index (χ4v) is 8.72. The molecule has 11 aromatic rings. The van der Waals surface area contributed by atoms with Gasteiger partial charge in [-0.15, -0.1) is 0 Å². The molecule has 11 rings (SSSR count). The summed E-state index contributed by atoms with van der Waals surface area (Å²) in [6.07, 6.45) is 0.